The number of benzene rings is 2. The van der Waals surface area contributed by atoms with Crippen LogP contribution in [0.5, 0.6) is 0 Å². The van der Waals surface area contributed by atoms with Crippen LogP contribution in [0.1, 0.15) is 36.9 Å². The van der Waals surface area contributed by atoms with Crippen molar-refractivity contribution >= 4 is 23.6 Å². The maximum atomic E-state index is 12.9. The summed E-state index contributed by atoms with van der Waals surface area (Å²) in [6, 6.07) is 18.5. The maximum Gasteiger partial charge on any atom is 0.232 e. The molecule has 0 radical (unpaired) electrons. The number of nitrogens with zero attached hydrogens (tertiary/aromatic N) is 4. The number of hydrogen-bond donors (Lipinski definition) is 1. The number of thioether (sulfide) groups is 1. The van der Waals surface area contributed by atoms with Gasteiger partial charge in [0.05, 0.1) is 30.7 Å². The lowest BCUT2D eigenvalue weighted by atomic mass is 10.0. The molecule has 7 nitrogen and oxygen atoms in total. The number of aryl methyl sites for hydroxylation is 1. The fourth-order valence-corrected chi connectivity index (χ4v) is 4.66. The predicted octanol–water partition coefficient (Wildman–Crippen LogP) is 4.16. The normalized spacial score (nSPS) is 14.8. The molecule has 2 aromatic carbocycles. The van der Waals surface area contributed by atoms with E-state index in [9.17, 15) is 4.79 Å². The fourth-order valence-electron chi connectivity index (χ4n) is 3.91. The van der Waals surface area contributed by atoms with Gasteiger partial charge in [0.2, 0.25) is 11.9 Å². The fraction of sp³-hybridized carbons (Fsp3) is 0.400. The molecule has 0 bridgehead atoms. The van der Waals surface area contributed by atoms with Gasteiger partial charge >= 0.3 is 0 Å². The maximum absolute atomic E-state index is 12.9. The summed E-state index contributed by atoms with van der Waals surface area (Å²) >= 11 is 1.41. The highest BCUT2D eigenvalue weighted by Gasteiger charge is 2.23. The summed E-state index contributed by atoms with van der Waals surface area (Å²) in [5.41, 5.74) is 3.31. The van der Waals surface area contributed by atoms with Gasteiger partial charge < -0.3 is 15.0 Å². The lowest BCUT2D eigenvalue weighted by Crippen LogP contribution is -2.37. The Hall–Kier alpha value is -2.84. The van der Waals surface area contributed by atoms with Gasteiger partial charge in [-0.25, -0.2) is 0 Å². The van der Waals surface area contributed by atoms with Gasteiger partial charge in [-0.15, -0.1) is 10.2 Å². The summed E-state index contributed by atoms with van der Waals surface area (Å²) in [4.78, 5) is 15.0. The Balaban J connectivity index is 1.50. The van der Waals surface area contributed by atoms with E-state index < -0.39 is 0 Å². The van der Waals surface area contributed by atoms with Crippen LogP contribution in [-0.2, 0) is 9.53 Å². The van der Waals surface area contributed by atoms with Gasteiger partial charge in [0.25, 0.3) is 0 Å². The average molecular weight is 466 g/mol. The van der Waals surface area contributed by atoms with Crippen molar-refractivity contribution in [3.05, 3.63) is 65.7 Å². The van der Waals surface area contributed by atoms with E-state index >= 15 is 0 Å². The SMILES string of the molecule is CCCC(NC(=O)CSc1nnc(N2CCOCC2)n1-c1ccc(C)cc1)c1ccccc1. The van der Waals surface area contributed by atoms with Crippen molar-refractivity contribution in [1.82, 2.24) is 20.1 Å². The number of carbonyl (C=O) groups is 1. The Bertz CT molecular complexity index is 1030. The first-order valence-corrected chi connectivity index (χ1v) is 12.5. The van der Waals surface area contributed by atoms with Crippen molar-refractivity contribution in [1.29, 1.82) is 0 Å². The first-order chi connectivity index (χ1) is 16.2. The molecule has 0 saturated carbocycles. The van der Waals surface area contributed by atoms with Crippen molar-refractivity contribution in [2.45, 2.75) is 37.9 Å². The van der Waals surface area contributed by atoms with Gasteiger partial charge in [-0.1, -0.05) is 73.1 Å². The Kier molecular flexibility index (Phi) is 8.01. The van der Waals surface area contributed by atoms with Crippen LogP contribution in [0, 0.1) is 6.92 Å². The molecule has 4 rings (SSSR count). The summed E-state index contributed by atoms with van der Waals surface area (Å²) in [5, 5.41) is 12.8. The van der Waals surface area contributed by atoms with Crippen LogP contribution < -0.4 is 10.2 Å². The largest absolute Gasteiger partial charge is 0.378 e. The number of carbonyl (C=O) groups excluding carboxylic acids is 1. The zero-order valence-electron chi connectivity index (χ0n) is 19.2. The standard InChI is InChI=1S/C25H31N5O2S/c1-3-7-22(20-8-5-4-6-9-20)26-23(31)18-33-25-28-27-24(29-14-16-32-17-15-29)30(25)21-12-10-19(2)11-13-21/h4-6,8-13,22H,3,7,14-18H2,1-2H3,(H,26,31). The molecule has 3 aromatic rings. The van der Waals surface area contributed by atoms with Crippen molar-refractivity contribution in [3.8, 4) is 5.69 Å². The molecule has 1 saturated heterocycles. The quantitative estimate of drug-likeness (QED) is 0.479. The third kappa shape index (κ3) is 5.94. The number of rotatable bonds is 9. The molecule has 1 fully saturated rings. The number of nitrogens with one attached hydrogen (secondary N) is 1. The summed E-state index contributed by atoms with van der Waals surface area (Å²) in [6.45, 7) is 7.08. The molecule has 1 N–H and O–H groups in total. The molecule has 1 aliphatic heterocycles. The van der Waals surface area contributed by atoms with E-state index in [0.29, 0.717) is 18.4 Å². The van der Waals surface area contributed by atoms with Crippen LogP contribution in [0.25, 0.3) is 5.69 Å². The van der Waals surface area contributed by atoms with Crippen molar-refractivity contribution in [2.75, 3.05) is 37.0 Å². The smallest absolute Gasteiger partial charge is 0.232 e. The Morgan fingerprint density at radius 2 is 1.82 bits per heavy atom. The zero-order valence-corrected chi connectivity index (χ0v) is 20.1. The van der Waals surface area contributed by atoms with Gasteiger partial charge in [0.15, 0.2) is 5.16 Å². The van der Waals surface area contributed by atoms with Crippen LogP contribution in [0.3, 0.4) is 0 Å². The van der Waals surface area contributed by atoms with E-state index in [1.54, 1.807) is 0 Å². The van der Waals surface area contributed by atoms with Gasteiger partial charge in [0, 0.05) is 13.1 Å². The molecule has 33 heavy (non-hydrogen) atoms. The monoisotopic (exact) mass is 465 g/mol. The molecule has 174 valence electrons. The lowest BCUT2D eigenvalue weighted by molar-refractivity contribution is -0.119. The van der Waals surface area contributed by atoms with Gasteiger partial charge in [-0.3, -0.25) is 9.36 Å². The molecule has 8 heteroatoms. The van der Waals surface area contributed by atoms with Crippen LogP contribution in [0.2, 0.25) is 0 Å². The molecule has 1 amide bonds. The Labute approximate surface area is 199 Å². The van der Waals surface area contributed by atoms with Crippen molar-refractivity contribution in [2.24, 2.45) is 0 Å². The lowest BCUT2D eigenvalue weighted by Gasteiger charge is -2.28. The molecule has 0 aliphatic carbocycles. The highest BCUT2D eigenvalue weighted by atomic mass is 32.2. The van der Waals surface area contributed by atoms with E-state index in [1.165, 1.54) is 17.3 Å². The second-order valence-corrected chi connectivity index (χ2v) is 9.10. The second-order valence-electron chi connectivity index (χ2n) is 8.16. The molecule has 2 heterocycles. The third-order valence-corrected chi connectivity index (χ3v) is 6.58. The van der Waals surface area contributed by atoms with Crippen molar-refractivity contribution in [3.63, 3.8) is 0 Å². The minimum absolute atomic E-state index is 0.00585. The number of amides is 1. The molecule has 1 unspecified atom stereocenters. The molecule has 1 atom stereocenters. The third-order valence-electron chi connectivity index (χ3n) is 5.65. The molecule has 0 spiro atoms. The summed E-state index contributed by atoms with van der Waals surface area (Å²) in [5.74, 6) is 1.06. The van der Waals surface area contributed by atoms with Crippen LogP contribution in [-0.4, -0.2) is 52.7 Å². The van der Waals surface area contributed by atoms with Crippen LogP contribution in [0.4, 0.5) is 5.95 Å². The van der Waals surface area contributed by atoms with E-state index in [-0.39, 0.29) is 17.7 Å². The van der Waals surface area contributed by atoms with Gasteiger partial charge in [-0.05, 0) is 31.0 Å². The Morgan fingerprint density at radius 1 is 1.09 bits per heavy atom. The van der Waals surface area contributed by atoms with E-state index in [0.717, 1.165) is 43.1 Å². The average Bonchev–Trinajstić information content (AvgIpc) is 3.28. The molecular weight excluding hydrogens is 434 g/mol. The number of morpholine rings is 1. The molecular formula is C25H31N5O2S. The minimum atomic E-state index is -0.00585. The van der Waals surface area contributed by atoms with Crippen LogP contribution in [0.15, 0.2) is 59.8 Å². The minimum Gasteiger partial charge on any atom is -0.378 e. The summed E-state index contributed by atoms with van der Waals surface area (Å²) in [6.07, 6.45) is 1.90. The topological polar surface area (TPSA) is 72.3 Å². The number of aromatic nitrogens is 3. The number of anilines is 1. The summed E-state index contributed by atoms with van der Waals surface area (Å²) in [7, 11) is 0. The first-order valence-electron chi connectivity index (χ1n) is 11.5. The molecule has 1 aromatic heterocycles. The first kappa shape index (κ1) is 23.3. The highest BCUT2D eigenvalue weighted by Crippen LogP contribution is 2.28. The highest BCUT2D eigenvalue weighted by molar-refractivity contribution is 7.99. The summed E-state index contributed by atoms with van der Waals surface area (Å²) < 4.78 is 7.55. The van der Waals surface area contributed by atoms with E-state index in [4.69, 9.17) is 4.74 Å². The van der Waals surface area contributed by atoms with Crippen molar-refractivity contribution < 1.29 is 9.53 Å². The van der Waals surface area contributed by atoms with E-state index in [2.05, 4.69) is 70.7 Å². The van der Waals surface area contributed by atoms with E-state index in [1.807, 2.05) is 22.8 Å². The number of ether oxygens (including phenoxy) is 1. The van der Waals surface area contributed by atoms with Crippen LogP contribution >= 0.6 is 11.8 Å². The van der Waals surface area contributed by atoms with Gasteiger partial charge in [0.1, 0.15) is 0 Å². The zero-order chi connectivity index (χ0) is 23.0. The number of hydrogen-bond acceptors (Lipinski definition) is 6. The van der Waals surface area contributed by atoms with Gasteiger partial charge in [-0.2, -0.15) is 0 Å². The Morgan fingerprint density at radius 3 is 2.52 bits per heavy atom. The predicted molar refractivity (Wildman–Crippen MR) is 132 cm³/mol. The second kappa shape index (κ2) is 11.3. The molecule has 1 aliphatic rings.